The van der Waals surface area contributed by atoms with Crippen LogP contribution in [0.3, 0.4) is 0 Å². The number of hydrogen-bond acceptors (Lipinski definition) is 3. The Hall–Kier alpha value is -1.91. The molecular weight excluding hydrogens is 264 g/mol. The van der Waals surface area contributed by atoms with Gasteiger partial charge in [0.1, 0.15) is 0 Å². The quantitative estimate of drug-likeness (QED) is 0.941. The molecule has 1 N–H and O–H groups in total. The highest BCUT2D eigenvalue weighted by Crippen LogP contribution is 2.61. The van der Waals surface area contributed by atoms with Crippen molar-refractivity contribution >= 4 is 11.6 Å². The summed E-state index contributed by atoms with van der Waals surface area (Å²) in [5.41, 5.74) is 2.17. The first-order valence-electron chi connectivity index (χ1n) is 7.82. The third-order valence-corrected chi connectivity index (χ3v) is 5.19. The maximum atomic E-state index is 12.4. The van der Waals surface area contributed by atoms with Gasteiger partial charge >= 0.3 is 0 Å². The molecule has 110 valence electrons. The molecule has 2 aromatic rings. The Bertz CT molecular complexity index is 672. The van der Waals surface area contributed by atoms with E-state index in [1.807, 2.05) is 10.6 Å². The molecular formula is C16H20N4O. The molecule has 5 heteroatoms. The lowest BCUT2D eigenvalue weighted by Crippen LogP contribution is -2.28. The summed E-state index contributed by atoms with van der Waals surface area (Å²) in [7, 11) is 0. The van der Waals surface area contributed by atoms with Crippen molar-refractivity contribution in [1.29, 1.82) is 0 Å². The lowest BCUT2D eigenvalue weighted by molar-refractivity contribution is -0.123. The van der Waals surface area contributed by atoms with E-state index < -0.39 is 0 Å². The number of hydrogen-bond donors (Lipinski definition) is 1. The fourth-order valence-electron chi connectivity index (χ4n) is 3.85. The normalized spacial score (nSPS) is 23.3. The number of carbonyl (C=O) groups is 1. The number of fused-ring (bicyclic) bond motifs is 1. The molecule has 5 nitrogen and oxygen atoms in total. The Morgan fingerprint density at radius 3 is 3.05 bits per heavy atom. The van der Waals surface area contributed by atoms with Crippen LogP contribution in [0.15, 0.2) is 24.8 Å². The molecule has 1 unspecified atom stereocenters. The van der Waals surface area contributed by atoms with Crippen molar-refractivity contribution in [3.63, 3.8) is 0 Å². The molecule has 2 heterocycles. The van der Waals surface area contributed by atoms with Crippen molar-refractivity contribution in [2.75, 3.05) is 0 Å². The minimum atomic E-state index is 0.223. The summed E-state index contributed by atoms with van der Waals surface area (Å²) >= 11 is 0. The highest BCUT2D eigenvalue weighted by Gasteiger charge is 2.57. The summed E-state index contributed by atoms with van der Waals surface area (Å²) in [6.07, 6.45) is 14.7. The first-order valence-corrected chi connectivity index (χ1v) is 7.82. The third kappa shape index (κ3) is 2.20. The van der Waals surface area contributed by atoms with Crippen LogP contribution in [0.5, 0.6) is 0 Å². The second kappa shape index (κ2) is 4.83. The Labute approximate surface area is 123 Å². The summed E-state index contributed by atoms with van der Waals surface area (Å²) in [5, 5.41) is 3.09. The molecule has 1 atom stereocenters. The highest BCUT2D eigenvalue weighted by molar-refractivity contribution is 5.82. The molecule has 0 aromatic carbocycles. The molecule has 2 aliphatic rings. The van der Waals surface area contributed by atoms with Gasteiger partial charge in [-0.15, -0.1) is 0 Å². The maximum absolute atomic E-state index is 12.4. The standard InChI is InChI=1S/C16H20N4O/c21-15(13-8-16(13)4-2-1-3-5-16)19-10-12-9-18-14-11-17-6-7-20(12)14/h6-7,9,11,13H,1-5,8,10H2,(H,19,21). The van der Waals surface area contributed by atoms with E-state index in [1.165, 1.54) is 32.1 Å². The Balaban J connectivity index is 1.40. The van der Waals surface area contributed by atoms with Gasteiger partial charge in [-0.2, -0.15) is 0 Å². The van der Waals surface area contributed by atoms with Crippen LogP contribution in [-0.2, 0) is 11.3 Å². The SMILES string of the molecule is O=C(NCc1cnc2cnccn12)C1CC12CCCCC2. The fraction of sp³-hybridized carbons (Fsp3) is 0.562. The number of rotatable bonds is 3. The Morgan fingerprint density at radius 2 is 2.19 bits per heavy atom. The van der Waals surface area contributed by atoms with E-state index in [0.717, 1.165) is 17.8 Å². The zero-order valence-corrected chi connectivity index (χ0v) is 12.1. The first-order chi connectivity index (χ1) is 10.3. The fourth-order valence-corrected chi connectivity index (χ4v) is 3.85. The van der Waals surface area contributed by atoms with E-state index in [9.17, 15) is 4.79 Å². The van der Waals surface area contributed by atoms with Crippen molar-refractivity contribution in [1.82, 2.24) is 19.7 Å². The largest absolute Gasteiger partial charge is 0.350 e. The van der Waals surface area contributed by atoms with Gasteiger partial charge in [0.05, 0.1) is 24.6 Å². The van der Waals surface area contributed by atoms with Gasteiger partial charge in [0.25, 0.3) is 0 Å². The molecule has 0 bridgehead atoms. The smallest absolute Gasteiger partial charge is 0.224 e. The zero-order chi connectivity index (χ0) is 14.3. The third-order valence-electron chi connectivity index (χ3n) is 5.19. The first kappa shape index (κ1) is 12.8. The van der Waals surface area contributed by atoms with Crippen molar-refractivity contribution in [3.8, 4) is 0 Å². The lowest BCUT2D eigenvalue weighted by atomic mass is 9.84. The molecule has 4 rings (SSSR count). The molecule has 21 heavy (non-hydrogen) atoms. The number of nitrogens with zero attached hydrogens (tertiary/aromatic N) is 3. The van der Waals surface area contributed by atoms with E-state index in [2.05, 4.69) is 15.3 Å². The molecule has 1 spiro atoms. The van der Waals surface area contributed by atoms with Crippen LogP contribution in [0.1, 0.15) is 44.2 Å². The molecule has 0 saturated heterocycles. The van der Waals surface area contributed by atoms with Gasteiger partial charge in [-0.05, 0) is 24.7 Å². The molecule has 2 fully saturated rings. The van der Waals surface area contributed by atoms with Crippen LogP contribution in [0, 0.1) is 11.3 Å². The van der Waals surface area contributed by atoms with Gasteiger partial charge in [-0.25, -0.2) is 4.98 Å². The van der Waals surface area contributed by atoms with Crippen LogP contribution >= 0.6 is 0 Å². The van der Waals surface area contributed by atoms with Crippen LogP contribution in [0.25, 0.3) is 5.65 Å². The Morgan fingerprint density at radius 1 is 1.33 bits per heavy atom. The number of nitrogens with one attached hydrogen (secondary N) is 1. The molecule has 2 saturated carbocycles. The summed E-state index contributed by atoms with van der Waals surface area (Å²) in [4.78, 5) is 20.7. The number of amides is 1. The van der Waals surface area contributed by atoms with Gasteiger partial charge in [0.15, 0.2) is 5.65 Å². The summed E-state index contributed by atoms with van der Waals surface area (Å²) < 4.78 is 1.97. The van der Waals surface area contributed by atoms with Gasteiger partial charge in [0, 0.05) is 18.3 Å². The average molecular weight is 284 g/mol. The zero-order valence-electron chi connectivity index (χ0n) is 12.1. The molecule has 1 amide bonds. The monoisotopic (exact) mass is 284 g/mol. The Kier molecular flexibility index (Phi) is 2.94. The van der Waals surface area contributed by atoms with Crippen LogP contribution in [-0.4, -0.2) is 20.3 Å². The van der Waals surface area contributed by atoms with E-state index in [-0.39, 0.29) is 11.8 Å². The summed E-state index contributed by atoms with van der Waals surface area (Å²) in [6.45, 7) is 0.538. The predicted molar refractivity (Wildman–Crippen MR) is 78.5 cm³/mol. The maximum Gasteiger partial charge on any atom is 0.224 e. The van der Waals surface area contributed by atoms with Gasteiger partial charge in [-0.3, -0.25) is 14.2 Å². The van der Waals surface area contributed by atoms with Crippen molar-refractivity contribution in [2.45, 2.75) is 45.1 Å². The van der Waals surface area contributed by atoms with E-state index >= 15 is 0 Å². The van der Waals surface area contributed by atoms with E-state index in [4.69, 9.17) is 0 Å². The van der Waals surface area contributed by atoms with E-state index in [0.29, 0.717) is 12.0 Å². The predicted octanol–water partition coefficient (Wildman–Crippen LogP) is 2.32. The summed E-state index contributed by atoms with van der Waals surface area (Å²) in [5.74, 6) is 0.472. The second-order valence-corrected chi connectivity index (χ2v) is 6.45. The average Bonchev–Trinajstić information content (AvgIpc) is 3.05. The minimum absolute atomic E-state index is 0.223. The second-order valence-electron chi connectivity index (χ2n) is 6.45. The minimum Gasteiger partial charge on any atom is -0.350 e. The summed E-state index contributed by atoms with van der Waals surface area (Å²) in [6, 6.07) is 0. The molecule has 0 aliphatic heterocycles. The van der Waals surface area contributed by atoms with E-state index in [1.54, 1.807) is 18.6 Å². The molecule has 2 aliphatic carbocycles. The van der Waals surface area contributed by atoms with Gasteiger partial charge < -0.3 is 5.32 Å². The number of carbonyl (C=O) groups excluding carboxylic acids is 1. The van der Waals surface area contributed by atoms with Crippen LogP contribution < -0.4 is 5.32 Å². The lowest BCUT2D eigenvalue weighted by Gasteiger charge is -2.22. The van der Waals surface area contributed by atoms with Gasteiger partial charge in [0.2, 0.25) is 5.91 Å². The molecule has 2 aromatic heterocycles. The molecule has 0 radical (unpaired) electrons. The van der Waals surface area contributed by atoms with Crippen molar-refractivity contribution in [3.05, 3.63) is 30.5 Å². The highest BCUT2D eigenvalue weighted by atomic mass is 16.2. The van der Waals surface area contributed by atoms with Crippen molar-refractivity contribution < 1.29 is 4.79 Å². The van der Waals surface area contributed by atoms with Crippen LogP contribution in [0.4, 0.5) is 0 Å². The van der Waals surface area contributed by atoms with Gasteiger partial charge in [-0.1, -0.05) is 19.3 Å². The number of imidazole rings is 1. The topological polar surface area (TPSA) is 59.3 Å². The number of aromatic nitrogens is 3. The van der Waals surface area contributed by atoms with Crippen LogP contribution in [0.2, 0.25) is 0 Å². The van der Waals surface area contributed by atoms with Crippen molar-refractivity contribution in [2.24, 2.45) is 11.3 Å².